The van der Waals surface area contributed by atoms with Crippen LogP contribution in [0.4, 0.5) is 5.69 Å². The summed E-state index contributed by atoms with van der Waals surface area (Å²) in [6.07, 6.45) is 8.00. The highest BCUT2D eigenvalue weighted by molar-refractivity contribution is 7.92. The molecular formula is C35H44ClN3O4S. The van der Waals surface area contributed by atoms with Gasteiger partial charge in [0, 0.05) is 37.0 Å². The highest BCUT2D eigenvalue weighted by Crippen LogP contribution is 2.23. The summed E-state index contributed by atoms with van der Waals surface area (Å²) in [5, 5.41) is 3.80. The number of benzene rings is 3. The summed E-state index contributed by atoms with van der Waals surface area (Å²) in [4.78, 5) is 29.7. The highest BCUT2D eigenvalue weighted by Gasteiger charge is 2.32. The number of carbonyl (C=O) groups excluding carboxylic acids is 2. The molecule has 1 saturated carbocycles. The van der Waals surface area contributed by atoms with E-state index >= 15 is 0 Å². The van der Waals surface area contributed by atoms with Gasteiger partial charge in [-0.05, 0) is 66.6 Å². The van der Waals surface area contributed by atoms with Crippen LogP contribution in [0.3, 0.4) is 0 Å². The van der Waals surface area contributed by atoms with Crippen LogP contribution in [0.15, 0.2) is 78.9 Å². The normalized spacial score (nSPS) is 14.5. The van der Waals surface area contributed by atoms with Gasteiger partial charge in [-0.1, -0.05) is 92.4 Å². The topological polar surface area (TPSA) is 86.8 Å². The van der Waals surface area contributed by atoms with E-state index < -0.39 is 16.1 Å². The molecule has 1 aliphatic rings. The van der Waals surface area contributed by atoms with Gasteiger partial charge in [0.1, 0.15) is 6.04 Å². The molecule has 0 spiro atoms. The molecule has 1 atom stereocenters. The third-order valence-electron chi connectivity index (χ3n) is 8.25. The summed E-state index contributed by atoms with van der Waals surface area (Å²) in [7, 11) is -3.57. The highest BCUT2D eigenvalue weighted by atomic mass is 35.5. The van der Waals surface area contributed by atoms with Crippen LogP contribution in [0.1, 0.15) is 68.6 Å². The Morgan fingerprint density at radius 2 is 1.59 bits per heavy atom. The molecule has 0 radical (unpaired) electrons. The molecule has 0 aliphatic heterocycles. The fraction of sp³-hybridized carbons (Fsp3) is 0.429. The molecule has 0 aromatic heterocycles. The van der Waals surface area contributed by atoms with Crippen molar-refractivity contribution in [2.45, 2.75) is 83.3 Å². The molecule has 2 amide bonds. The smallest absolute Gasteiger partial charge is 0.243 e. The van der Waals surface area contributed by atoms with Crippen LogP contribution in [0.5, 0.6) is 0 Å². The molecule has 236 valence electrons. The lowest BCUT2D eigenvalue weighted by Crippen LogP contribution is -2.52. The molecule has 0 heterocycles. The first-order valence-corrected chi connectivity index (χ1v) is 17.8. The van der Waals surface area contributed by atoms with Crippen LogP contribution in [0, 0.1) is 0 Å². The first-order chi connectivity index (χ1) is 21.1. The monoisotopic (exact) mass is 637 g/mol. The van der Waals surface area contributed by atoms with Gasteiger partial charge in [0.15, 0.2) is 0 Å². The lowest BCUT2D eigenvalue weighted by Gasteiger charge is -2.34. The number of hydrogen-bond donors (Lipinski definition) is 1. The number of anilines is 1. The fourth-order valence-electron chi connectivity index (χ4n) is 5.83. The first kappa shape index (κ1) is 33.5. The Kier molecular flexibility index (Phi) is 12.3. The van der Waals surface area contributed by atoms with E-state index in [0.717, 1.165) is 48.8 Å². The van der Waals surface area contributed by atoms with E-state index in [9.17, 15) is 18.0 Å². The molecule has 0 saturated heterocycles. The molecule has 3 aromatic rings. The second kappa shape index (κ2) is 16.1. The molecule has 0 unspecified atom stereocenters. The zero-order chi connectivity index (χ0) is 31.5. The molecule has 44 heavy (non-hydrogen) atoms. The molecule has 1 aliphatic carbocycles. The van der Waals surface area contributed by atoms with Crippen molar-refractivity contribution in [1.29, 1.82) is 0 Å². The third kappa shape index (κ3) is 9.83. The average Bonchev–Trinajstić information content (AvgIpc) is 3.01. The summed E-state index contributed by atoms with van der Waals surface area (Å²) >= 11 is 6.30. The summed E-state index contributed by atoms with van der Waals surface area (Å²) in [6, 6.07) is 23.9. The van der Waals surface area contributed by atoms with Crippen molar-refractivity contribution in [3.8, 4) is 0 Å². The maximum Gasteiger partial charge on any atom is 0.243 e. The summed E-state index contributed by atoms with van der Waals surface area (Å²) in [5.74, 6) is -0.371. The van der Waals surface area contributed by atoms with Crippen LogP contribution in [0.2, 0.25) is 5.02 Å². The maximum absolute atomic E-state index is 14.1. The van der Waals surface area contributed by atoms with E-state index in [1.165, 1.54) is 17.0 Å². The van der Waals surface area contributed by atoms with Crippen molar-refractivity contribution in [2.75, 3.05) is 17.1 Å². The van der Waals surface area contributed by atoms with Gasteiger partial charge < -0.3 is 10.2 Å². The number of amides is 2. The van der Waals surface area contributed by atoms with Crippen LogP contribution >= 0.6 is 11.6 Å². The van der Waals surface area contributed by atoms with E-state index in [1.54, 1.807) is 23.1 Å². The second-order valence-corrected chi connectivity index (χ2v) is 14.0. The number of nitrogens with zero attached hydrogens (tertiary/aromatic N) is 2. The van der Waals surface area contributed by atoms with E-state index in [4.69, 9.17) is 11.6 Å². The number of aryl methyl sites for hydroxylation is 1. The predicted molar refractivity (Wildman–Crippen MR) is 178 cm³/mol. The van der Waals surface area contributed by atoms with Crippen LogP contribution < -0.4 is 9.62 Å². The van der Waals surface area contributed by atoms with Crippen LogP contribution in [0.25, 0.3) is 0 Å². The van der Waals surface area contributed by atoms with E-state index in [0.29, 0.717) is 23.6 Å². The van der Waals surface area contributed by atoms with E-state index in [2.05, 4.69) is 5.32 Å². The Hall–Kier alpha value is -3.36. The van der Waals surface area contributed by atoms with Gasteiger partial charge in [-0.25, -0.2) is 8.42 Å². The van der Waals surface area contributed by atoms with Crippen molar-refractivity contribution >= 4 is 39.1 Å². The standard InChI is InChI=1S/C35H44ClN3O4S/c1-3-27-19-21-32(22-20-27)39(44(2,42)43)23-11-18-34(40)38(26-29-14-10-15-30(36)24-29)33(25-28-12-6-4-7-13-28)35(41)37-31-16-8-5-9-17-31/h4,6-7,10,12-15,19-22,24,31,33H,3,5,8-9,11,16-18,23,25-26H2,1-2H3,(H,37,41)/t33-/m0/s1. The third-order valence-corrected chi connectivity index (χ3v) is 9.68. The average molecular weight is 638 g/mol. The van der Waals surface area contributed by atoms with Crippen molar-refractivity contribution in [1.82, 2.24) is 10.2 Å². The SMILES string of the molecule is CCc1ccc(N(CCCC(=O)N(Cc2cccc(Cl)c2)[C@@H](Cc2ccccc2)C(=O)NC2CCCCC2)S(C)(=O)=O)cc1. The number of carbonyl (C=O) groups is 2. The molecular weight excluding hydrogens is 594 g/mol. The molecule has 4 rings (SSSR count). The van der Waals surface area contributed by atoms with Gasteiger partial charge in [-0.3, -0.25) is 13.9 Å². The molecule has 7 nitrogen and oxygen atoms in total. The Morgan fingerprint density at radius 1 is 0.909 bits per heavy atom. The van der Waals surface area contributed by atoms with Crippen LogP contribution in [-0.4, -0.2) is 50.0 Å². The van der Waals surface area contributed by atoms with Gasteiger partial charge in [0.05, 0.1) is 11.9 Å². The zero-order valence-corrected chi connectivity index (χ0v) is 27.3. The first-order valence-electron chi connectivity index (χ1n) is 15.6. The van der Waals surface area contributed by atoms with E-state index in [-0.39, 0.29) is 37.4 Å². The number of rotatable bonds is 14. The molecule has 1 fully saturated rings. The molecule has 1 N–H and O–H groups in total. The molecule has 0 bridgehead atoms. The lowest BCUT2D eigenvalue weighted by atomic mass is 9.94. The summed E-state index contributed by atoms with van der Waals surface area (Å²) < 4.78 is 26.8. The zero-order valence-electron chi connectivity index (χ0n) is 25.8. The van der Waals surface area contributed by atoms with Crippen molar-refractivity contribution in [3.05, 3.63) is 101 Å². The molecule has 3 aromatic carbocycles. The maximum atomic E-state index is 14.1. The minimum atomic E-state index is -3.57. The lowest BCUT2D eigenvalue weighted by molar-refractivity contribution is -0.141. The number of hydrogen-bond acceptors (Lipinski definition) is 4. The Morgan fingerprint density at radius 3 is 2.23 bits per heavy atom. The van der Waals surface area contributed by atoms with Gasteiger partial charge in [0.2, 0.25) is 21.8 Å². The van der Waals surface area contributed by atoms with Gasteiger partial charge in [-0.2, -0.15) is 0 Å². The Balaban J connectivity index is 1.58. The largest absolute Gasteiger partial charge is 0.352 e. The van der Waals surface area contributed by atoms with Gasteiger partial charge in [-0.15, -0.1) is 0 Å². The van der Waals surface area contributed by atoms with Crippen molar-refractivity contribution in [2.24, 2.45) is 0 Å². The van der Waals surface area contributed by atoms with Crippen molar-refractivity contribution < 1.29 is 18.0 Å². The molecule has 9 heteroatoms. The van der Waals surface area contributed by atoms with Crippen LogP contribution in [-0.2, 0) is 39.0 Å². The van der Waals surface area contributed by atoms with Gasteiger partial charge in [0.25, 0.3) is 0 Å². The predicted octanol–water partition coefficient (Wildman–Crippen LogP) is 6.54. The van der Waals surface area contributed by atoms with E-state index in [1.807, 2.05) is 67.6 Å². The Labute approximate surface area is 267 Å². The minimum Gasteiger partial charge on any atom is -0.352 e. The number of sulfonamides is 1. The van der Waals surface area contributed by atoms with Crippen molar-refractivity contribution in [3.63, 3.8) is 0 Å². The Bertz CT molecular complexity index is 1480. The summed E-state index contributed by atoms with van der Waals surface area (Å²) in [5.41, 5.74) is 3.47. The minimum absolute atomic E-state index is 0.0849. The fourth-order valence-corrected chi connectivity index (χ4v) is 7.01. The second-order valence-electron chi connectivity index (χ2n) is 11.7. The van der Waals surface area contributed by atoms with Gasteiger partial charge >= 0.3 is 0 Å². The quantitative estimate of drug-likeness (QED) is 0.218. The number of halogens is 1. The number of nitrogens with one attached hydrogen (secondary N) is 1. The summed E-state index contributed by atoms with van der Waals surface area (Å²) in [6.45, 7) is 2.41.